The first-order valence-corrected chi connectivity index (χ1v) is 15.5. The number of aliphatic hydroxyl groups is 1. The third-order valence-electron chi connectivity index (χ3n) is 8.29. The van der Waals surface area contributed by atoms with Crippen LogP contribution in [0.3, 0.4) is 0 Å². The standard InChI is InChI=1S/C36H48N2O5/c1-5-7-9-18-30(20-27-15-10-8-11-16-27)36(42)43-25-33(26(3)4)37-35(41)29(14-6-2)22-34(40)38-23-31-19-13-12-17-28(31)21-32(38)24-39/h5-6,8,10-13,15-17,19,26,29-30,32-33,39H,1-2,7,9,14,18,20-25H2,3-4H3,(H,37,41)/t29-,30+,32-,33+/m0/s1. The smallest absolute Gasteiger partial charge is 0.309 e. The van der Waals surface area contributed by atoms with Crippen molar-refractivity contribution in [3.8, 4) is 0 Å². The van der Waals surface area contributed by atoms with E-state index in [0.29, 0.717) is 32.2 Å². The number of hydrogen-bond donors (Lipinski definition) is 2. The third-order valence-corrected chi connectivity index (χ3v) is 8.29. The van der Waals surface area contributed by atoms with Crippen molar-refractivity contribution in [1.82, 2.24) is 10.2 Å². The molecule has 2 aromatic rings. The number of fused-ring (bicyclic) bond motifs is 1. The lowest BCUT2D eigenvalue weighted by Crippen LogP contribution is -2.49. The number of nitrogens with zero attached hydrogens (tertiary/aromatic N) is 1. The van der Waals surface area contributed by atoms with E-state index in [1.807, 2.05) is 74.5 Å². The molecule has 2 N–H and O–H groups in total. The molecule has 0 aliphatic carbocycles. The second kappa shape index (κ2) is 17.4. The quantitative estimate of drug-likeness (QED) is 0.146. The summed E-state index contributed by atoms with van der Waals surface area (Å²) in [6.45, 7) is 11.8. The van der Waals surface area contributed by atoms with Gasteiger partial charge in [0.2, 0.25) is 11.8 Å². The van der Waals surface area contributed by atoms with E-state index in [4.69, 9.17) is 4.74 Å². The van der Waals surface area contributed by atoms with Gasteiger partial charge in [0.25, 0.3) is 0 Å². The molecule has 4 atom stereocenters. The average Bonchev–Trinajstić information content (AvgIpc) is 3.01. The summed E-state index contributed by atoms with van der Waals surface area (Å²) >= 11 is 0. The summed E-state index contributed by atoms with van der Waals surface area (Å²) in [5.41, 5.74) is 3.27. The summed E-state index contributed by atoms with van der Waals surface area (Å²) in [5.74, 6) is -1.62. The number of benzene rings is 2. The number of amides is 2. The predicted octanol–water partition coefficient (Wildman–Crippen LogP) is 5.41. The van der Waals surface area contributed by atoms with Gasteiger partial charge in [0, 0.05) is 13.0 Å². The van der Waals surface area contributed by atoms with E-state index in [-0.39, 0.29) is 55.3 Å². The molecule has 43 heavy (non-hydrogen) atoms. The number of unbranched alkanes of at least 4 members (excludes halogenated alkanes) is 1. The molecule has 1 aliphatic heterocycles. The summed E-state index contributed by atoms with van der Waals surface area (Å²) < 4.78 is 5.81. The second-order valence-electron chi connectivity index (χ2n) is 11.9. The minimum Gasteiger partial charge on any atom is -0.463 e. The first-order valence-electron chi connectivity index (χ1n) is 15.5. The molecule has 2 aromatic carbocycles. The van der Waals surface area contributed by atoms with Crippen molar-refractivity contribution >= 4 is 17.8 Å². The maximum atomic E-state index is 13.5. The average molecular weight is 589 g/mol. The van der Waals surface area contributed by atoms with Gasteiger partial charge in [-0.3, -0.25) is 14.4 Å². The van der Waals surface area contributed by atoms with Crippen LogP contribution in [0.5, 0.6) is 0 Å². The van der Waals surface area contributed by atoms with Crippen molar-refractivity contribution in [2.24, 2.45) is 17.8 Å². The van der Waals surface area contributed by atoms with Crippen LogP contribution in [0, 0.1) is 17.8 Å². The van der Waals surface area contributed by atoms with Crippen LogP contribution in [-0.2, 0) is 38.5 Å². The highest BCUT2D eigenvalue weighted by Gasteiger charge is 2.33. The van der Waals surface area contributed by atoms with Gasteiger partial charge in [0.1, 0.15) is 6.61 Å². The van der Waals surface area contributed by atoms with Crippen LogP contribution in [0.4, 0.5) is 0 Å². The Hall–Kier alpha value is -3.71. The molecule has 3 rings (SSSR count). The minimum absolute atomic E-state index is 0.00235. The highest BCUT2D eigenvalue weighted by molar-refractivity contribution is 5.86. The van der Waals surface area contributed by atoms with Gasteiger partial charge in [0.05, 0.1) is 30.5 Å². The molecule has 0 aromatic heterocycles. The number of carbonyl (C=O) groups is 3. The zero-order valence-electron chi connectivity index (χ0n) is 25.8. The number of nitrogens with one attached hydrogen (secondary N) is 1. The van der Waals surface area contributed by atoms with Gasteiger partial charge in [0.15, 0.2) is 0 Å². The molecule has 7 nitrogen and oxygen atoms in total. The lowest BCUT2D eigenvalue weighted by Gasteiger charge is -2.36. The van der Waals surface area contributed by atoms with E-state index < -0.39 is 12.0 Å². The Kier molecular flexibility index (Phi) is 13.7. The van der Waals surface area contributed by atoms with Crippen LogP contribution in [0.15, 0.2) is 79.9 Å². The monoisotopic (exact) mass is 588 g/mol. The van der Waals surface area contributed by atoms with Crippen molar-refractivity contribution in [1.29, 1.82) is 0 Å². The number of hydrogen-bond acceptors (Lipinski definition) is 5. The Bertz CT molecular complexity index is 1210. The topological polar surface area (TPSA) is 95.9 Å². The van der Waals surface area contributed by atoms with Gasteiger partial charge in [-0.1, -0.05) is 80.6 Å². The predicted molar refractivity (Wildman–Crippen MR) is 170 cm³/mol. The van der Waals surface area contributed by atoms with Crippen molar-refractivity contribution in [3.63, 3.8) is 0 Å². The van der Waals surface area contributed by atoms with Crippen molar-refractivity contribution < 1.29 is 24.2 Å². The van der Waals surface area contributed by atoms with E-state index in [9.17, 15) is 19.5 Å². The fraction of sp³-hybridized carbons (Fsp3) is 0.472. The summed E-state index contributed by atoms with van der Waals surface area (Å²) in [7, 11) is 0. The summed E-state index contributed by atoms with van der Waals surface area (Å²) in [5, 5.41) is 13.1. The Balaban J connectivity index is 1.63. The molecule has 7 heteroatoms. The van der Waals surface area contributed by atoms with Crippen LogP contribution in [0.2, 0.25) is 0 Å². The molecular formula is C36H48N2O5. The Morgan fingerprint density at radius 1 is 1.02 bits per heavy atom. The number of allylic oxidation sites excluding steroid dienone is 2. The molecule has 0 spiro atoms. The van der Waals surface area contributed by atoms with Crippen molar-refractivity contribution in [2.75, 3.05) is 13.2 Å². The molecule has 0 bridgehead atoms. The van der Waals surface area contributed by atoms with Gasteiger partial charge < -0.3 is 20.1 Å². The molecule has 0 radical (unpaired) electrons. The zero-order valence-corrected chi connectivity index (χ0v) is 25.8. The highest BCUT2D eigenvalue weighted by Crippen LogP contribution is 2.25. The summed E-state index contributed by atoms with van der Waals surface area (Å²) in [6.07, 6.45) is 7.38. The first-order chi connectivity index (χ1) is 20.8. The van der Waals surface area contributed by atoms with Crippen LogP contribution >= 0.6 is 0 Å². The van der Waals surface area contributed by atoms with Crippen LogP contribution in [0.25, 0.3) is 0 Å². The molecular weight excluding hydrogens is 540 g/mol. The third kappa shape index (κ3) is 10.2. The lowest BCUT2D eigenvalue weighted by molar-refractivity contribution is -0.150. The first kappa shape index (κ1) is 33.8. The number of carbonyl (C=O) groups excluding carboxylic acids is 3. The molecule has 1 heterocycles. The van der Waals surface area contributed by atoms with E-state index in [1.165, 1.54) is 0 Å². The van der Waals surface area contributed by atoms with Crippen LogP contribution in [0.1, 0.15) is 62.6 Å². The maximum absolute atomic E-state index is 13.5. The molecule has 0 unspecified atom stereocenters. The Morgan fingerprint density at radius 3 is 2.37 bits per heavy atom. The minimum atomic E-state index is -0.622. The largest absolute Gasteiger partial charge is 0.463 e. The Labute approximate surface area is 257 Å². The number of esters is 1. The zero-order chi connectivity index (χ0) is 31.2. The molecule has 0 saturated carbocycles. The summed E-state index contributed by atoms with van der Waals surface area (Å²) in [6, 6.07) is 17.1. The van der Waals surface area contributed by atoms with Crippen LogP contribution < -0.4 is 5.32 Å². The SMILES string of the molecule is C=CCCC[C@H](Cc1ccccc1)C(=O)OC[C@@H](NC(=O)[C@@H](CC=C)CC(=O)N1Cc2ccccc2C[C@H]1CO)C(C)C. The van der Waals surface area contributed by atoms with E-state index in [2.05, 4.69) is 18.5 Å². The van der Waals surface area contributed by atoms with Gasteiger partial charge >= 0.3 is 5.97 Å². The van der Waals surface area contributed by atoms with Gasteiger partial charge in [-0.2, -0.15) is 0 Å². The molecule has 0 fully saturated rings. The number of ether oxygens (including phenoxy) is 1. The molecule has 2 amide bonds. The fourth-order valence-corrected chi connectivity index (χ4v) is 5.56. The van der Waals surface area contributed by atoms with E-state index in [1.54, 1.807) is 11.0 Å². The van der Waals surface area contributed by atoms with Gasteiger partial charge in [-0.15, -0.1) is 13.2 Å². The van der Waals surface area contributed by atoms with E-state index in [0.717, 1.165) is 29.5 Å². The second-order valence-corrected chi connectivity index (χ2v) is 11.9. The van der Waals surface area contributed by atoms with Gasteiger partial charge in [-0.05, 0) is 61.1 Å². The molecule has 232 valence electrons. The number of rotatable bonds is 17. The summed E-state index contributed by atoms with van der Waals surface area (Å²) in [4.78, 5) is 41.8. The normalized spacial score (nSPS) is 16.5. The van der Waals surface area contributed by atoms with Crippen molar-refractivity contribution in [2.45, 2.75) is 77.4 Å². The van der Waals surface area contributed by atoms with Crippen LogP contribution in [-0.4, -0.2) is 53.1 Å². The molecule has 1 aliphatic rings. The number of aliphatic hydroxyl groups excluding tert-OH is 1. The Morgan fingerprint density at radius 2 is 1.72 bits per heavy atom. The van der Waals surface area contributed by atoms with Crippen molar-refractivity contribution in [3.05, 3.63) is 96.6 Å². The van der Waals surface area contributed by atoms with E-state index >= 15 is 0 Å². The molecule has 0 saturated heterocycles. The van der Waals surface area contributed by atoms with Gasteiger partial charge in [-0.25, -0.2) is 0 Å². The highest BCUT2D eigenvalue weighted by atomic mass is 16.5. The maximum Gasteiger partial charge on any atom is 0.309 e. The lowest BCUT2D eigenvalue weighted by atomic mass is 9.92. The fourth-order valence-electron chi connectivity index (χ4n) is 5.56.